The lowest BCUT2D eigenvalue weighted by atomic mass is 9.98. The van der Waals surface area contributed by atoms with Gasteiger partial charge in [-0.2, -0.15) is 0 Å². The Morgan fingerprint density at radius 2 is 0.733 bits per heavy atom. The lowest BCUT2D eigenvalue weighted by molar-refractivity contribution is 1.18. The molecule has 0 fully saturated rings. The molecule has 0 saturated carbocycles. The first-order valence-corrected chi connectivity index (χ1v) is 20.4. The van der Waals surface area contributed by atoms with Crippen molar-refractivity contribution in [3.8, 4) is 56.3 Å². The highest BCUT2D eigenvalue weighted by molar-refractivity contribution is 6.11. The van der Waals surface area contributed by atoms with Crippen molar-refractivity contribution >= 4 is 54.5 Å². The van der Waals surface area contributed by atoms with E-state index in [1.807, 2.05) is 0 Å². The second kappa shape index (κ2) is 13.8. The predicted molar refractivity (Wildman–Crippen MR) is 250 cm³/mol. The van der Waals surface area contributed by atoms with E-state index in [4.69, 9.17) is 9.97 Å². The van der Waals surface area contributed by atoms with Crippen LogP contribution in [0.4, 0.5) is 0 Å². The van der Waals surface area contributed by atoms with Gasteiger partial charge in [0.25, 0.3) is 0 Å². The van der Waals surface area contributed by atoms with Gasteiger partial charge in [0.2, 0.25) is 0 Å². The number of para-hydroxylation sites is 4. The summed E-state index contributed by atoms with van der Waals surface area (Å²) in [6.45, 7) is 0. The van der Waals surface area contributed by atoms with E-state index >= 15 is 0 Å². The van der Waals surface area contributed by atoms with E-state index in [-0.39, 0.29) is 0 Å². The summed E-state index contributed by atoms with van der Waals surface area (Å²) < 4.78 is 4.72. The van der Waals surface area contributed by atoms with Gasteiger partial charge in [-0.1, -0.05) is 152 Å². The topological polar surface area (TPSA) is 35.6 Å². The van der Waals surface area contributed by atoms with E-state index in [9.17, 15) is 0 Å². The standard InChI is InChI=1S/C56H36N4/c1-4-14-38(15-5-1)55-49-35-40(41-30-33-53-48(34-41)46-21-11-13-23-52(46)59(53)43-16-6-2-7-17-43)29-32-50(49)57-56(58-55)39-26-24-37(25-27-39)42-28-31-47-45-20-10-12-22-51(45)60(54(47)36-42)44-18-8-3-9-19-44/h1-36H. The van der Waals surface area contributed by atoms with Gasteiger partial charge >= 0.3 is 0 Å². The number of rotatable bonds is 6. The fourth-order valence-corrected chi connectivity index (χ4v) is 9.08. The molecule has 3 heterocycles. The first kappa shape index (κ1) is 34.0. The Morgan fingerprint density at radius 1 is 0.267 bits per heavy atom. The molecule has 280 valence electrons. The smallest absolute Gasteiger partial charge is 0.160 e. The number of nitrogens with zero attached hydrogens (tertiary/aromatic N) is 4. The van der Waals surface area contributed by atoms with Crippen LogP contribution < -0.4 is 0 Å². The molecule has 0 saturated heterocycles. The molecule has 0 spiro atoms. The molecule has 12 aromatic rings. The summed E-state index contributed by atoms with van der Waals surface area (Å²) in [5.74, 6) is 0.704. The van der Waals surface area contributed by atoms with E-state index in [1.165, 1.54) is 43.6 Å². The van der Waals surface area contributed by atoms with Crippen molar-refractivity contribution in [2.24, 2.45) is 0 Å². The van der Waals surface area contributed by atoms with Gasteiger partial charge in [-0.05, 0) is 89.0 Å². The molecule has 0 atom stereocenters. The predicted octanol–water partition coefficient (Wildman–Crippen LogP) is 14.5. The lowest BCUT2D eigenvalue weighted by Crippen LogP contribution is -1.96. The minimum absolute atomic E-state index is 0.704. The molecule has 0 amide bonds. The highest BCUT2D eigenvalue weighted by Gasteiger charge is 2.17. The minimum Gasteiger partial charge on any atom is -0.309 e. The Kier molecular flexibility index (Phi) is 7.82. The van der Waals surface area contributed by atoms with Crippen molar-refractivity contribution < 1.29 is 0 Å². The highest BCUT2D eigenvalue weighted by Crippen LogP contribution is 2.39. The van der Waals surface area contributed by atoms with Crippen molar-refractivity contribution in [3.05, 3.63) is 218 Å². The Bertz CT molecular complexity index is 3570. The van der Waals surface area contributed by atoms with Gasteiger partial charge < -0.3 is 9.13 Å². The maximum Gasteiger partial charge on any atom is 0.160 e. The molecule has 0 aliphatic heterocycles. The van der Waals surface area contributed by atoms with Gasteiger partial charge in [-0.15, -0.1) is 0 Å². The number of fused-ring (bicyclic) bond motifs is 7. The molecule has 60 heavy (non-hydrogen) atoms. The largest absolute Gasteiger partial charge is 0.309 e. The maximum atomic E-state index is 5.30. The molecule has 0 aliphatic rings. The van der Waals surface area contributed by atoms with E-state index in [0.29, 0.717) is 5.82 Å². The maximum absolute atomic E-state index is 5.30. The van der Waals surface area contributed by atoms with Crippen LogP contribution in [0.2, 0.25) is 0 Å². The lowest BCUT2D eigenvalue weighted by Gasteiger charge is -2.12. The molecular formula is C56H36N4. The van der Waals surface area contributed by atoms with Crippen LogP contribution in [0.3, 0.4) is 0 Å². The van der Waals surface area contributed by atoms with Crippen LogP contribution in [-0.2, 0) is 0 Å². The van der Waals surface area contributed by atoms with Crippen LogP contribution >= 0.6 is 0 Å². The van der Waals surface area contributed by atoms with Crippen molar-refractivity contribution in [2.45, 2.75) is 0 Å². The zero-order valence-electron chi connectivity index (χ0n) is 32.6. The van der Waals surface area contributed by atoms with Crippen molar-refractivity contribution in [2.75, 3.05) is 0 Å². The molecule has 4 heteroatoms. The van der Waals surface area contributed by atoms with E-state index in [2.05, 4.69) is 228 Å². The summed E-state index contributed by atoms with van der Waals surface area (Å²) in [6.07, 6.45) is 0. The first-order chi connectivity index (χ1) is 29.7. The molecule has 0 bridgehead atoms. The average molecular weight is 765 g/mol. The van der Waals surface area contributed by atoms with Crippen LogP contribution in [0.25, 0.3) is 111 Å². The Balaban J connectivity index is 0.945. The van der Waals surface area contributed by atoms with Crippen LogP contribution in [0.1, 0.15) is 0 Å². The molecule has 0 aliphatic carbocycles. The molecule has 0 radical (unpaired) electrons. The Morgan fingerprint density at radius 3 is 1.42 bits per heavy atom. The van der Waals surface area contributed by atoms with Gasteiger partial charge in [0, 0.05) is 49.4 Å². The fourth-order valence-electron chi connectivity index (χ4n) is 9.08. The van der Waals surface area contributed by atoms with Crippen LogP contribution in [-0.4, -0.2) is 19.1 Å². The quantitative estimate of drug-likeness (QED) is 0.169. The molecule has 4 nitrogen and oxygen atoms in total. The monoisotopic (exact) mass is 764 g/mol. The van der Waals surface area contributed by atoms with Crippen molar-refractivity contribution in [1.29, 1.82) is 0 Å². The third kappa shape index (κ3) is 5.53. The number of hydrogen-bond acceptors (Lipinski definition) is 2. The van der Waals surface area contributed by atoms with Crippen molar-refractivity contribution in [3.63, 3.8) is 0 Å². The van der Waals surface area contributed by atoms with Crippen molar-refractivity contribution in [1.82, 2.24) is 19.1 Å². The van der Waals surface area contributed by atoms with Gasteiger partial charge in [-0.3, -0.25) is 0 Å². The summed E-state index contributed by atoms with van der Waals surface area (Å²) in [4.78, 5) is 10.5. The molecule has 3 aromatic heterocycles. The number of aromatic nitrogens is 4. The second-order valence-electron chi connectivity index (χ2n) is 15.4. The summed E-state index contributed by atoms with van der Waals surface area (Å²) in [7, 11) is 0. The van der Waals surface area contributed by atoms with E-state index in [1.54, 1.807) is 0 Å². The Labute approximate surface area is 346 Å². The van der Waals surface area contributed by atoms with Crippen LogP contribution in [0, 0.1) is 0 Å². The summed E-state index contributed by atoms with van der Waals surface area (Å²) in [5, 5.41) is 5.98. The van der Waals surface area contributed by atoms with Gasteiger partial charge in [0.15, 0.2) is 5.82 Å². The average Bonchev–Trinajstić information content (AvgIpc) is 3.84. The molecule has 12 rings (SSSR count). The third-order valence-corrected chi connectivity index (χ3v) is 11.9. The second-order valence-corrected chi connectivity index (χ2v) is 15.4. The first-order valence-electron chi connectivity index (χ1n) is 20.4. The third-order valence-electron chi connectivity index (χ3n) is 11.9. The SMILES string of the molecule is c1ccc(-c2nc(-c3ccc(-c4ccc5c6ccccc6n(-c6ccccc6)c5c4)cc3)nc3ccc(-c4ccc5c(c4)c4ccccc4n5-c4ccccc4)cc23)cc1. The molecular weight excluding hydrogens is 729 g/mol. The summed E-state index contributed by atoms with van der Waals surface area (Å²) in [5.41, 5.74) is 15.5. The van der Waals surface area contributed by atoms with Gasteiger partial charge in [-0.25, -0.2) is 9.97 Å². The van der Waals surface area contributed by atoms with Crippen LogP contribution in [0.5, 0.6) is 0 Å². The highest BCUT2D eigenvalue weighted by atomic mass is 15.0. The fraction of sp³-hybridized carbons (Fsp3) is 0. The number of hydrogen-bond donors (Lipinski definition) is 0. The molecule has 9 aromatic carbocycles. The minimum atomic E-state index is 0.704. The normalized spacial score (nSPS) is 11.7. The Hall–Kier alpha value is -8.08. The van der Waals surface area contributed by atoms with Gasteiger partial charge in [0.05, 0.1) is 33.3 Å². The van der Waals surface area contributed by atoms with Gasteiger partial charge in [0.1, 0.15) is 0 Å². The van der Waals surface area contributed by atoms with E-state index < -0.39 is 0 Å². The zero-order valence-corrected chi connectivity index (χ0v) is 32.6. The van der Waals surface area contributed by atoms with Crippen LogP contribution in [0.15, 0.2) is 218 Å². The molecule has 0 unspecified atom stereocenters. The number of benzene rings is 9. The molecule has 0 N–H and O–H groups in total. The summed E-state index contributed by atoms with van der Waals surface area (Å²) >= 11 is 0. The zero-order chi connectivity index (χ0) is 39.6. The summed E-state index contributed by atoms with van der Waals surface area (Å²) in [6, 6.07) is 77.9. The van der Waals surface area contributed by atoms with E-state index in [0.717, 1.165) is 61.4 Å².